The van der Waals surface area contributed by atoms with Crippen molar-refractivity contribution in [2.45, 2.75) is 32.7 Å². The van der Waals surface area contributed by atoms with Gasteiger partial charge in [0.1, 0.15) is 17.5 Å². The van der Waals surface area contributed by atoms with E-state index in [0.29, 0.717) is 35.0 Å². The summed E-state index contributed by atoms with van der Waals surface area (Å²) in [4.78, 5) is 25.7. The average Bonchev–Trinajstić information content (AvgIpc) is 2.85. The smallest absolute Gasteiger partial charge is 0.253 e. The molecule has 0 aliphatic rings. The highest BCUT2D eigenvalue weighted by Crippen LogP contribution is 2.27. The third-order valence-electron chi connectivity index (χ3n) is 5.40. The van der Waals surface area contributed by atoms with Gasteiger partial charge in [0.15, 0.2) is 0 Å². The van der Waals surface area contributed by atoms with E-state index in [0.717, 1.165) is 23.4 Å². The van der Waals surface area contributed by atoms with Gasteiger partial charge in [-0.15, -0.1) is 0 Å². The van der Waals surface area contributed by atoms with E-state index >= 15 is 0 Å². The fraction of sp³-hybridized carbons (Fsp3) is 0.259. The van der Waals surface area contributed by atoms with Crippen molar-refractivity contribution in [3.05, 3.63) is 84.4 Å². The van der Waals surface area contributed by atoms with Crippen LogP contribution in [0.3, 0.4) is 0 Å². The molecule has 0 aromatic heterocycles. The van der Waals surface area contributed by atoms with Crippen molar-refractivity contribution in [2.24, 2.45) is 0 Å². The Balaban J connectivity index is 1.78. The van der Waals surface area contributed by atoms with E-state index in [1.807, 2.05) is 37.3 Å². The highest BCUT2D eigenvalue weighted by Gasteiger charge is 2.30. The molecule has 9 heteroatoms. The number of hydrogen-bond donors (Lipinski definition) is 2. The zero-order valence-corrected chi connectivity index (χ0v) is 21.4. The van der Waals surface area contributed by atoms with Crippen LogP contribution in [-0.2, 0) is 14.8 Å². The summed E-state index contributed by atoms with van der Waals surface area (Å²) in [6.07, 6.45) is 2.83. The summed E-state index contributed by atoms with van der Waals surface area (Å²) in [5.74, 6) is 0.300. The SMILES string of the molecule is CCCCNC(=O)c1ccccc1NC(=O)[C@H](C)N(c1ccc(Oc2ccccc2)cc1)S(C)(=O)=O. The summed E-state index contributed by atoms with van der Waals surface area (Å²) in [7, 11) is -3.82. The Kier molecular flexibility index (Phi) is 9.08. The lowest BCUT2D eigenvalue weighted by atomic mass is 10.1. The van der Waals surface area contributed by atoms with Crippen molar-refractivity contribution < 1.29 is 22.7 Å². The van der Waals surface area contributed by atoms with Gasteiger partial charge >= 0.3 is 0 Å². The Morgan fingerprint density at radius 1 is 0.917 bits per heavy atom. The van der Waals surface area contributed by atoms with Crippen LogP contribution >= 0.6 is 0 Å². The second-order valence-electron chi connectivity index (χ2n) is 8.29. The van der Waals surface area contributed by atoms with E-state index in [2.05, 4.69) is 10.6 Å². The number of unbranched alkanes of at least 4 members (excludes halogenated alkanes) is 1. The van der Waals surface area contributed by atoms with Crippen LogP contribution in [-0.4, -0.2) is 39.1 Å². The predicted molar refractivity (Wildman–Crippen MR) is 142 cm³/mol. The van der Waals surface area contributed by atoms with Gasteiger partial charge in [0.2, 0.25) is 15.9 Å². The molecule has 0 fully saturated rings. The largest absolute Gasteiger partial charge is 0.457 e. The molecule has 0 bridgehead atoms. The number of carbonyl (C=O) groups is 2. The van der Waals surface area contributed by atoms with Crippen molar-refractivity contribution in [2.75, 3.05) is 22.4 Å². The Hall–Kier alpha value is -3.85. The minimum atomic E-state index is -3.82. The first-order chi connectivity index (χ1) is 17.2. The number of ether oxygens (including phenoxy) is 1. The quantitative estimate of drug-likeness (QED) is 0.361. The van der Waals surface area contributed by atoms with Crippen molar-refractivity contribution in [3.63, 3.8) is 0 Å². The minimum absolute atomic E-state index is 0.305. The molecule has 0 saturated heterocycles. The number of carbonyl (C=O) groups excluding carboxylic acids is 2. The molecular formula is C27H31N3O5S. The number of amides is 2. The molecule has 8 nitrogen and oxygen atoms in total. The highest BCUT2D eigenvalue weighted by molar-refractivity contribution is 7.92. The third kappa shape index (κ3) is 7.08. The van der Waals surface area contributed by atoms with E-state index in [4.69, 9.17) is 4.74 Å². The lowest BCUT2D eigenvalue weighted by Crippen LogP contribution is -2.45. The molecule has 0 aliphatic carbocycles. The summed E-state index contributed by atoms with van der Waals surface area (Å²) in [5.41, 5.74) is 0.928. The number of rotatable bonds is 11. The molecule has 2 amide bonds. The van der Waals surface area contributed by atoms with Gasteiger partial charge in [-0.3, -0.25) is 13.9 Å². The summed E-state index contributed by atoms with van der Waals surface area (Å²) < 4.78 is 32.2. The van der Waals surface area contributed by atoms with Crippen LogP contribution in [0, 0.1) is 0 Å². The lowest BCUT2D eigenvalue weighted by Gasteiger charge is -2.28. The predicted octanol–water partition coefficient (Wildman–Crippen LogP) is 4.80. The second-order valence-corrected chi connectivity index (χ2v) is 10.1. The van der Waals surface area contributed by atoms with Gasteiger partial charge in [0.05, 0.1) is 23.2 Å². The van der Waals surface area contributed by atoms with Crippen molar-refractivity contribution in [1.82, 2.24) is 5.32 Å². The maximum Gasteiger partial charge on any atom is 0.253 e. The normalized spacial score (nSPS) is 11.9. The molecule has 3 rings (SSSR count). The number of anilines is 2. The Morgan fingerprint density at radius 2 is 1.53 bits per heavy atom. The first-order valence-corrected chi connectivity index (χ1v) is 13.6. The standard InChI is InChI=1S/C27H31N3O5S/c1-4-5-19-28-27(32)24-13-9-10-14-25(24)29-26(31)20(2)30(36(3,33)34)21-15-17-23(18-16-21)35-22-11-7-6-8-12-22/h6-18,20H,4-5,19H2,1-3H3,(H,28,32)(H,29,31)/t20-/m0/s1. The Bertz CT molecular complexity index is 1280. The van der Waals surface area contributed by atoms with Crippen LogP contribution in [0.1, 0.15) is 37.0 Å². The van der Waals surface area contributed by atoms with E-state index < -0.39 is 22.0 Å². The van der Waals surface area contributed by atoms with Gasteiger partial charge in [0.25, 0.3) is 5.91 Å². The van der Waals surface area contributed by atoms with Crippen LogP contribution in [0.4, 0.5) is 11.4 Å². The van der Waals surface area contributed by atoms with Crippen LogP contribution in [0.25, 0.3) is 0 Å². The Morgan fingerprint density at radius 3 is 2.17 bits per heavy atom. The van der Waals surface area contributed by atoms with Gasteiger partial charge in [-0.25, -0.2) is 8.42 Å². The zero-order chi connectivity index (χ0) is 26.1. The molecule has 190 valence electrons. The first-order valence-electron chi connectivity index (χ1n) is 11.7. The summed E-state index contributed by atoms with van der Waals surface area (Å²) in [6, 6.07) is 21.2. The van der Waals surface area contributed by atoms with Crippen molar-refractivity contribution in [3.8, 4) is 11.5 Å². The highest BCUT2D eigenvalue weighted by atomic mass is 32.2. The molecule has 3 aromatic carbocycles. The number of sulfonamides is 1. The lowest BCUT2D eigenvalue weighted by molar-refractivity contribution is -0.116. The topological polar surface area (TPSA) is 105 Å². The second kappa shape index (κ2) is 12.2. The Labute approximate surface area is 212 Å². The molecular weight excluding hydrogens is 478 g/mol. The van der Waals surface area contributed by atoms with Crippen LogP contribution in [0.15, 0.2) is 78.9 Å². The molecule has 0 aliphatic heterocycles. The van der Waals surface area contributed by atoms with E-state index in [-0.39, 0.29) is 5.91 Å². The van der Waals surface area contributed by atoms with Gasteiger partial charge in [-0.1, -0.05) is 43.7 Å². The van der Waals surface area contributed by atoms with Gasteiger partial charge in [0, 0.05) is 6.54 Å². The number of hydrogen-bond acceptors (Lipinski definition) is 5. The van der Waals surface area contributed by atoms with Crippen LogP contribution < -0.4 is 19.7 Å². The number of para-hydroxylation sites is 2. The van der Waals surface area contributed by atoms with Gasteiger partial charge < -0.3 is 15.4 Å². The van der Waals surface area contributed by atoms with E-state index in [1.165, 1.54) is 6.92 Å². The number of benzene rings is 3. The minimum Gasteiger partial charge on any atom is -0.457 e. The molecule has 1 atom stereocenters. The molecule has 0 spiro atoms. The number of nitrogens with zero attached hydrogens (tertiary/aromatic N) is 1. The fourth-order valence-electron chi connectivity index (χ4n) is 3.60. The zero-order valence-electron chi connectivity index (χ0n) is 20.6. The van der Waals surface area contributed by atoms with Crippen LogP contribution in [0.2, 0.25) is 0 Å². The molecule has 0 unspecified atom stereocenters. The van der Waals surface area contributed by atoms with Crippen molar-refractivity contribution in [1.29, 1.82) is 0 Å². The van der Waals surface area contributed by atoms with Crippen molar-refractivity contribution >= 4 is 33.2 Å². The fourth-order valence-corrected chi connectivity index (χ4v) is 4.77. The summed E-state index contributed by atoms with van der Waals surface area (Å²) in [6.45, 7) is 4.05. The molecule has 0 saturated carbocycles. The van der Waals surface area contributed by atoms with E-state index in [9.17, 15) is 18.0 Å². The molecule has 3 aromatic rings. The molecule has 0 radical (unpaired) electrons. The monoisotopic (exact) mass is 509 g/mol. The molecule has 2 N–H and O–H groups in total. The third-order valence-corrected chi connectivity index (χ3v) is 6.65. The summed E-state index contributed by atoms with van der Waals surface area (Å²) >= 11 is 0. The number of nitrogens with one attached hydrogen (secondary N) is 2. The molecule has 36 heavy (non-hydrogen) atoms. The van der Waals surface area contributed by atoms with Gasteiger partial charge in [-0.05, 0) is 61.9 Å². The summed E-state index contributed by atoms with van der Waals surface area (Å²) in [5, 5.41) is 5.55. The van der Waals surface area contributed by atoms with Gasteiger partial charge in [-0.2, -0.15) is 0 Å². The average molecular weight is 510 g/mol. The van der Waals surface area contributed by atoms with E-state index in [1.54, 1.807) is 48.5 Å². The maximum atomic E-state index is 13.1. The van der Waals surface area contributed by atoms with Crippen LogP contribution in [0.5, 0.6) is 11.5 Å². The maximum absolute atomic E-state index is 13.1. The molecule has 0 heterocycles. The first kappa shape index (κ1) is 26.7.